The zero-order valence-corrected chi connectivity index (χ0v) is 11.9. The van der Waals surface area contributed by atoms with Gasteiger partial charge in [0.25, 0.3) is 0 Å². The van der Waals surface area contributed by atoms with Crippen molar-refractivity contribution < 1.29 is 0 Å². The normalized spacial score (nSPS) is 13.5. The van der Waals surface area contributed by atoms with Crippen LogP contribution in [0.15, 0.2) is 29.2 Å². The molecule has 2 rings (SSSR count). The molecule has 0 saturated carbocycles. The van der Waals surface area contributed by atoms with E-state index in [-0.39, 0.29) is 0 Å². The predicted octanol–water partition coefficient (Wildman–Crippen LogP) is 2.83. The molecule has 1 unspecified atom stereocenters. The SMILES string of the molecule is CC(C)NC(C)Cc1c[se]c2ccccc12. The molecule has 0 spiro atoms. The van der Waals surface area contributed by atoms with Crippen LogP contribution < -0.4 is 5.32 Å². The summed E-state index contributed by atoms with van der Waals surface area (Å²) in [6, 6.07) is 9.95. The Morgan fingerprint density at radius 1 is 1.19 bits per heavy atom. The Hall–Kier alpha value is -0.561. The van der Waals surface area contributed by atoms with E-state index in [1.165, 1.54) is 10.9 Å². The second-order valence-electron chi connectivity index (χ2n) is 4.68. The molecule has 0 aliphatic rings. The van der Waals surface area contributed by atoms with Crippen LogP contribution in [-0.4, -0.2) is 26.6 Å². The molecule has 2 aromatic rings. The number of hydrogen-bond donors (Lipinski definition) is 1. The minimum absolute atomic E-state index is 0.559. The van der Waals surface area contributed by atoms with Crippen LogP contribution in [0.25, 0.3) is 9.65 Å². The second-order valence-corrected chi connectivity index (χ2v) is 6.60. The van der Waals surface area contributed by atoms with Crippen molar-refractivity contribution in [1.29, 1.82) is 0 Å². The molecule has 16 heavy (non-hydrogen) atoms. The van der Waals surface area contributed by atoms with E-state index in [2.05, 4.69) is 55.3 Å². The van der Waals surface area contributed by atoms with Gasteiger partial charge in [-0.1, -0.05) is 0 Å². The average molecular weight is 280 g/mol. The molecule has 0 aliphatic carbocycles. The van der Waals surface area contributed by atoms with E-state index in [0.29, 0.717) is 26.6 Å². The summed E-state index contributed by atoms with van der Waals surface area (Å²) in [4.78, 5) is 2.44. The molecule has 1 N–H and O–H groups in total. The number of rotatable bonds is 4. The Morgan fingerprint density at radius 2 is 1.94 bits per heavy atom. The first-order valence-corrected chi connectivity index (χ1v) is 7.72. The maximum atomic E-state index is 3.57. The van der Waals surface area contributed by atoms with Crippen molar-refractivity contribution in [2.75, 3.05) is 0 Å². The molecular weight excluding hydrogens is 261 g/mol. The summed E-state index contributed by atoms with van der Waals surface area (Å²) >= 11 is 0.559. The summed E-state index contributed by atoms with van der Waals surface area (Å²) in [6.45, 7) is 6.68. The van der Waals surface area contributed by atoms with Gasteiger partial charge in [-0.15, -0.1) is 0 Å². The van der Waals surface area contributed by atoms with Crippen LogP contribution in [0.1, 0.15) is 26.3 Å². The number of benzene rings is 1. The summed E-state index contributed by atoms with van der Waals surface area (Å²) in [7, 11) is 0. The minimum atomic E-state index is 0.559. The van der Waals surface area contributed by atoms with Crippen LogP contribution >= 0.6 is 0 Å². The predicted molar refractivity (Wildman–Crippen MR) is 72.3 cm³/mol. The third-order valence-electron chi connectivity index (χ3n) is 2.71. The van der Waals surface area contributed by atoms with E-state index < -0.39 is 0 Å². The van der Waals surface area contributed by atoms with Crippen molar-refractivity contribution in [1.82, 2.24) is 5.32 Å². The summed E-state index contributed by atoms with van der Waals surface area (Å²) in [6.07, 6.45) is 1.15. The van der Waals surface area contributed by atoms with Crippen molar-refractivity contribution in [2.45, 2.75) is 39.3 Å². The number of nitrogens with one attached hydrogen (secondary N) is 1. The molecule has 1 heterocycles. The van der Waals surface area contributed by atoms with Crippen molar-refractivity contribution in [3.63, 3.8) is 0 Å². The third kappa shape index (κ3) is 2.76. The standard InChI is InChI=1S/C14H19NSe/c1-10(2)15-11(3)8-12-9-16-14-7-5-4-6-13(12)14/h4-7,9-11,15H,8H2,1-3H3. The molecule has 0 saturated heterocycles. The van der Waals surface area contributed by atoms with Gasteiger partial charge in [-0.05, 0) is 0 Å². The van der Waals surface area contributed by atoms with Gasteiger partial charge in [0.2, 0.25) is 0 Å². The van der Waals surface area contributed by atoms with Crippen LogP contribution in [0.4, 0.5) is 0 Å². The summed E-state index contributed by atoms with van der Waals surface area (Å²) in [5.74, 6) is 0. The van der Waals surface area contributed by atoms with E-state index in [9.17, 15) is 0 Å². The van der Waals surface area contributed by atoms with Crippen molar-refractivity contribution in [2.24, 2.45) is 0 Å². The summed E-state index contributed by atoms with van der Waals surface area (Å²) in [5, 5.41) is 5.05. The van der Waals surface area contributed by atoms with Gasteiger partial charge in [0.1, 0.15) is 0 Å². The van der Waals surface area contributed by atoms with Crippen LogP contribution in [0.3, 0.4) is 0 Å². The topological polar surface area (TPSA) is 12.0 Å². The van der Waals surface area contributed by atoms with E-state index in [1.807, 2.05) is 0 Å². The summed E-state index contributed by atoms with van der Waals surface area (Å²) < 4.78 is 1.54. The fraction of sp³-hybridized carbons (Fsp3) is 0.429. The van der Waals surface area contributed by atoms with E-state index >= 15 is 0 Å². The molecule has 1 aromatic heterocycles. The fourth-order valence-corrected chi connectivity index (χ4v) is 4.20. The first kappa shape index (κ1) is 11.9. The first-order valence-electron chi connectivity index (χ1n) is 5.88. The zero-order chi connectivity index (χ0) is 11.5. The summed E-state index contributed by atoms with van der Waals surface area (Å²) in [5.41, 5.74) is 1.54. The van der Waals surface area contributed by atoms with Crippen molar-refractivity contribution in [3.05, 3.63) is 34.8 Å². The monoisotopic (exact) mass is 281 g/mol. The van der Waals surface area contributed by atoms with Gasteiger partial charge in [-0.25, -0.2) is 0 Å². The van der Waals surface area contributed by atoms with Crippen LogP contribution in [-0.2, 0) is 6.42 Å². The van der Waals surface area contributed by atoms with E-state index in [4.69, 9.17) is 0 Å². The van der Waals surface area contributed by atoms with Crippen molar-refractivity contribution in [3.8, 4) is 0 Å². The zero-order valence-electron chi connectivity index (χ0n) is 10.2. The average Bonchev–Trinajstić information content (AvgIpc) is 2.61. The molecule has 1 aromatic carbocycles. The Labute approximate surface area is 104 Å². The van der Waals surface area contributed by atoms with Gasteiger partial charge in [-0.3, -0.25) is 0 Å². The molecule has 0 radical (unpaired) electrons. The van der Waals surface area contributed by atoms with Crippen LogP contribution in [0.2, 0.25) is 0 Å². The second kappa shape index (κ2) is 5.18. The molecule has 0 aliphatic heterocycles. The molecule has 1 nitrogen and oxygen atoms in total. The molecule has 2 heteroatoms. The van der Waals surface area contributed by atoms with Gasteiger partial charge < -0.3 is 0 Å². The number of fused-ring (bicyclic) bond motifs is 1. The van der Waals surface area contributed by atoms with E-state index in [1.54, 1.807) is 4.26 Å². The molecule has 86 valence electrons. The van der Waals surface area contributed by atoms with Crippen LogP contribution in [0.5, 0.6) is 0 Å². The first-order chi connectivity index (χ1) is 7.66. The van der Waals surface area contributed by atoms with Gasteiger partial charge in [0.15, 0.2) is 0 Å². The Morgan fingerprint density at radius 3 is 2.69 bits per heavy atom. The Bertz CT molecular complexity index is 458. The molecule has 0 fully saturated rings. The molecule has 0 bridgehead atoms. The molecule has 1 atom stereocenters. The molecule has 0 amide bonds. The fourth-order valence-electron chi connectivity index (χ4n) is 2.15. The van der Waals surface area contributed by atoms with Gasteiger partial charge in [0.05, 0.1) is 0 Å². The van der Waals surface area contributed by atoms with Crippen molar-refractivity contribution >= 4 is 24.1 Å². The maximum absolute atomic E-state index is 3.57. The van der Waals surface area contributed by atoms with Gasteiger partial charge >= 0.3 is 104 Å². The Balaban J connectivity index is 2.15. The third-order valence-corrected chi connectivity index (χ3v) is 4.83. The Kier molecular flexibility index (Phi) is 3.86. The van der Waals surface area contributed by atoms with Gasteiger partial charge in [-0.2, -0.15) is 0 Å². The van der Waals surface area contributed by atoms with E-state index in [0.717, 1.165) is 6.42 Å². The molecular formula is C14H19NSe. The quantitative estimate of drug-likeness (QED) is 0.849. The van der Waals surface area contributed by atoms with Crippen LogP contribution in [0, 0.1) is 0 Å². The van der Waals surface area contributed by atoms with Gasteiger partial charge in [0, 0.05) is 0 Å². The number of hydrogen-bond acceptors (Lipinski definition) is 1.